The van der Waals surface area contributed by atoms with Gasteiger partial charge in [-0.05, 0) is 61.9 Å². The van der Waals surface area contributed by atoms with Crippen LogP contribution in [-0.2, 0) is 17.6 Å². The SMILES string of the molecule is Cc1ccc(CC(=O)N2CCC(Cc3ccncc3)CC2)s1. The number of nitrogens with zero attached hydrogens (tertiary/aromatic N) is 2. The van der Waals surface area contributed by atoms with Gasteiger partial charge in [-0.2, -0.15) is 0 Å². The fourth-order valence-electron chi connectivity index (χ4n) is 3.08. The molecule has 0 bridgehead atoms. The Morgan fingerprint density at radius 3 is 2.59 bits per heavy atom. The van der Waals surface area contributed by atoms with Crippen LogP contribution in [0.25, 0.3) is 0 Å². The molecule has 3 nitrogen and oxygen atoms in total. The summed E-state index contributed by atoms with van der Waals surface area (Å²) in [6.45, 7) is 3.89. The fraction of sp³-hybridized carbons (Fsp3) is 0.444. The minimum atomic E-state index is 0.282. The zero-order valence-electron chi connectivity index (χ0n) is 13.0. The van der Waals surface area contributed by atoms with E-state index in [9.17, 15) is 4.79 Å². The lowest BCUT2D eigenvalue weighted by molar-refractivity contribution is -0.131. The number of carbonyl (C=O) groups is 1. The number of thiophene rings is 1. The molecular formula is C18H22N2OS. The van der Waals surface area contributed by atoms with Crippen LogP contribution in [0.4, 0.5) is 0 Å². The number of amides is 1. The zero-order valence-corrected chi connectivity index (χ0v) is 13.8. The Kier molecular flexibility index (Phi) is 4.88. The predicted molar refractivity (Wildman–Crippen MR) is 90.0 cm³/mol. The molecule has 1 aliphatic heterocycles. The van der Waals surface area contributed by atoms with Crippen LogP contribution in [0.1, 0.15) is 28.2 Å². The number of aryl methyl sites for hydroxylation is 1. The first-order valence-corrected chi connectivity index (χ1v) is 8.74. The topological polar surface area (TPSA) is 33.2 Å². The van der Waals surface area contributed by atoms with Crippen molar-refractivity contribution < 1.29 is 4.79 Å². The van der Waals surface area contributed by atoms with Gasteiger partial charge in [0.2, 0.25) is 5.91 Å². The van der Waals surface area contributed by atoms with Crippen LogP contribution in [0.2, 0.25) is 0 Å². The van der Waals surface area contributed by atoms with Gasteiger partial charge in [-0.15, -0.1) is 11.3 Å². The molecule has 1 amide bonds. The lowest BCUT2D eigenvalue weighted by Gasteiger charge is -2.32. The van der Waals surface area contributed by atoms with Gasteiger partial charge in [0.05, 0.1) is 6.42 Å². The molecule has 0 saturated carbocycles. The van der Waals surface area contributed by atoms with Gasteiger partial charge in [0, 0.05) is 35.2 Å². The van der Waals surface area contributed by atoms with Gasteiger partial charge in [-0.25, -0.2) is 0 Å². The van der Waals surface area contributed by atoms with Crippen molar-refractivity contribution in [2.75, 3.05) is 13.1 Å². The van der Waals surface area contributed by atoms with E-state index >= 15 is 0 Å². The van der Waals surface area contributed by atoms with Crippen LogP contribution < -0.4 is 0 Å². The monoisotopic (exact) mass is 314 g/mol. The summed E-state index contributed by atoms with van der Waals surface area (Å²) in [6.07, 6.45) is 7.60. The van der Waals surface area contributed by atoms with E-state index in [1.54, 1.807) is 11.3 Å². The molecule has 116 valence electrons. The summed E-state index contributed by atoms with van der Waals surface area (Å²) in [4.78, 5) is 20.9. The van der Waals surface area contributed by atoms with Crippen LogP contribution in [0.15, 0.2) is 36.7 Å². The van der Waals surface area contributed by atoms with Crippen molar-refractivity contribution in [2.45, 2.75) is 32.6 Å². The molecule has 0 unspecified atom stereocenters. The molecule has 0 spiro atoms. The number of likely N-dealkylation sites (tertiary alicyclic amines) is 1. The van der Waals surface area contributed by atoms with E-state index in [0.717, 1.165) is 32.4 Å². The molecule has 1 aliphatic rings. The van der Waals surface area contributed by atoms with Crippen LogP contribution in [-0.4, -0.2) is 28.9 Å². The lowest BCUT2D eigenvalue weighted by atomic mass is 9.90. The first kappa shape index (κ1) is 15.2. The third kappa shape index (κ3) is 3.95. The first-order valence-electron chi connectivity index (χ1n) is 7.92. The van der Waals surface area contributed by atoms with Crippen molar-refractivity contribution in [1.29, 1.82) is 0 Å². The number of rotatable bonds is 4. The van der Waals surface area contributed by atoms with E-state index in [4.69, 9.17) is 0 Å². The molecule has 3 heterocycles. The standard InChI is InChI=1S/C18H22N2OS/c1-14-2-3-17(22-14)13-18(21)20-10-6-16(7-11-20)12-15-4-8-19-9-5-15/h2-5,8-9,16H,6-7,10-13H2,1H3. The van der Waals surface area contributed by atoms with Crippen molar-refractivity contribution >= 4 is 17.2 Å². The molecule has 1 fully saturated rings. The largest absolute Gasteiger partial charge is 0.342 e. The number of aromatic nitrogens is 1. The summed E-state index contributed by atoms with van der Waals surface area (Å²) in [6, 6.07) is 8.36. The Morgan fingerprint density at radius 2 is 1.95 bits per heavy atom. The highest BCUT2D eigenvalue weighted by atomic mass is 32.1. The van der Waals surface area contributed by atoms with Gasteiger partial charge >= 0.3 is 0 Å². The number of pyridine rings is 1. The minimum absolute atomic E-state index is 0.282. The van der Waals surface area contributed by atoms with Crippen LogP contribution >= 0.6 is 11.3 Å². The number of hydrogen-bond donors (Lipinski definition) is 0. The van der Waals surface area contributed by atoms with E-state index < -0.39 is 0 Å². The highest BCUT2D eigenvalue weighted by molar-refractivity contribution is 7.12. The zero-order chi connectivity index (χ0) is 15.4. The molecule has 0 aliphatic carbocycles. The fourth-order valence-corrected chi connectivity index (χ4v) is 3.96. The average molecular weight is 314 g/mol. The molecule has 0 atom stereocenters. The number of carbonyl (C=O) groups excluding carboxylic acids is 1. The predicted octanol–water partition coefficient (Wildman–Crippen LogP) is 3.48. The van der Waals surface area contributed by atoms with E-state index in [0.29, 0.717) is 12.3 Å². The molecule has 0 N–H and O–H groups in total. The summed E-state index contributed by atoms with van der Waals surface area (Å²) >= 11 is 1.73. The molecule has 4 heteroatoms. The van der Waals surface area contributed by atoms with Gasteiger partial charge in [0.1, 0.15) is 0 Å². The third-order valence-corrected chi connectivity index (χ3v) is 5.36. The minimum Gasteiger partial charge on any atom is -0.342 e. The van der Waals surface area contributed by atoms with E-state index in [1.807, 2.05) is 17.3 Å². The van der Waals surface area contributed by atoms with Crippen LogP contribution in [0.5, 0.6) is 0 Å². The summed E-state index contributed by atoms with van der Waals surface area (Å²) in [5.74, 6) is 0.972. The Bertz CT molecular complexity index is 615. The average Bonchev–Trinajstić information content (AvgIpc) is 2.94. The highest BCUT2D eigenvalue weighted by Crippen LogP contribution is 2.23. The molecule has 3 rings (SSSR count). The van der Waals surface area contributed by atoms with Gasteiger partial charge in [-0.3, -0.25) is 9.78 Å². The third-order valence-electron chi connectivity index (χ3n) is 4.36. The van der Waals surface area contributed by atoms with Gasteiger partial charge < -0.3 is 4.90 Å². The van der Waals surface area contributed by atoms with Crippen molar-refractivity contribution in [2.24, 2.45) is 5.92 Å². The van der Waals surface area contributed by atoms with E-state index in [2.05, 4.69) is 36.2 Å². The summed E-state index contributed by atoms with van der Waals surface area (Å²) < 4.78 is 0. The Hall–Kier alpha value is -1.68. The number of piperidine rings is 1. The molecule has 2 aromatic rings. The quantitative estimate of drug-likeness (QED) is 0.865. The molecule has 0 aromatic carbocycles. The Labute approximate surface area is 136 Å². The second-order valence-corrected chi connectivity index (χ2v) is 7.45. The molecule has 1 saturated heterocycles. The van der Waals surface area contributed by atoms with Crippen LogP contribution in [0, 0.1) is 12.8 Å². The number of hydrogen-bond acceptors (Lipinski definition) is 3. The lowest BCUT2D eigenvalue weighted by Crippen LogP contribution is -2.39. The highest BCUT2D eigenvalue weighted by Gasteiger charge is 2.23. The van der Waals surface area contributed by atoms with Crippen molar-refractivity contribution in [3.05, 3.63) is 52.0 Å². The molecule has 22 heavy (non-hydrogen) atoms. The second-order valence-electron chi connectivity index (χ2n) is 6.07. The summed E-state index contributed by atoms with van der Waals surface area (Å²) in [5, 5.41) is 0. The summed E-state index contributed by atoms with van der Waals surface area (Å²) in [7, 11) is 0. The molecule has 2 aromatic heterocycles. The van der Waals surface area contributed by atoms with Crippen molar-refractivity contribution in [1.82, 2.24) is 9.88 Å². The van der Waals surface area contributed by atoms with Crippen LogP contribution in [0.3, 0.4) is 0 Å². The summed E-state index contributed by atoms with van der Waals surface area (Å²) in [5.41, 5.74) is 1.36. The Morgan fingerprint density at radius 1 is 1.23 bits per heavy atom. The molecule has 0 radical (unpaired) electrons. The maximum absolute atomic E-state index is 12.4. The van der Waals surface area contributed by atoms with E-state index in [1.165, 1.54) is 15.3 Å². The normalized spacial score (nSPS) is 16.0. The van der Waals surface area contributed by atoms with Crippen molar-refractivity contribution in [3.63, 3.8) is 0 Å². The maximum atomic E-state index is 12.4. The Balaban J connectivity index is 1.48. The molecular weight excluding hydrogens is 292 g/mol. The maximum Gasteiger partial charge on any atom is 0.227 e. The first-order chi connectivity index (χ1) is 10.7. The van der Waals surface area contributed by atoms with Gasteiger partial charge in [-0.1, -0.05) is 0 Å². The van der Waals surface area contributed by atoms with E-state index in [-0.39, 0.29) is 5.91 Å². The second kappa shape index (κ2) is 7.05. The van der Waals surface area contributed by atoms with Crippen molar-refractivity contribution in [3.8, 4) is 0 Å². The smallest absolute Gasteiger partial charge is 0.227 e. The van der Waals surface area contributed by atoms with Gasteiger partial charge in [0.25, 0.3) is 0 Å². The van der Waals surface area contributed by atoms with Gasteiger partial charge in [0.15, 0.2) is 0 Å².